The number of hydrogen-bond acceptors (Lipinski definition) is 3. The highest BCUT2D eigenvalue weighted by Gasteiger charge is 2.33. The molecule has 1 fully saturated rings. The zero-order valence-electron chi connectivity index (χ0n) is 10.9. The van der Waals surface area contributed by atoms with Gasteiger partial charge >= 0.3 is 0 Å². The first-order valence-electron chi connectivity index (χ1n) is 6.85. The minimum Gasteiger partial charge on any atom is -0.439 e. The molecular formula is C15H20N2O. The summed E-state index contributed by atoms with van der Waals surface area (Å²) in [5.74, 6) is 0.730. The molecule has 0 saturated heterocycles. The van der Waals surface area contributed by atoms with E-state index in [0.717, 1.165) is 35.4 Å². The van der Waals surface area contributed by atoms with Crippen LogP contribution in [0.1, 0.15) is 50.0 Å². The van der Waals surface area contributed by atoms with Gasteiger partial charge in [-0.05, 0) is 31.4 Å². The van der Waals surface area contributed by atoms with Crippen molar-refractivity contribution in [2.45, 2.75) is 51.0 Å². The number of nitrogens with zero attached hydrogens (tertiary/aromatic N) is 1. The average molecular weight is 244 g/mol. The number of benzene rings is 1. The Bertz CT molecular complexity index is 551. The first kappa shape index (κ1) is 11.7. The van der Waals surface area contributed by atoms with E-state index in [1.807, 2.05) is 12.1 Å². The first-order valence-corrected chi connectivity index (χ1v) is 6.85. The number of rotatable bonds is 1. The van der Waals surface area contributed by atoms with E-state index in [2.05, 4.69) is 18.0 Å². The number of hydrogen-bond donors (Lipinski definition) is 1. The quantitative estimate of drug-likeness (QED) is 0.779. The number of oxazole rings is 1. The molecular weight excluding hydrogens is 224 g/mol. The van der Waals surface area contributed by atoms with Crippen molar-refractivity contribution in [1.82, 2.24) is 4.98 Å². The van der Waals surface area contributed by atoms with E-state index in [-0.39, 0.29) is 5.54 Å². The summed E-state index contributed by atoms with van der Waals surface area (Å²) < 4.78 is 5.91. The molecule has 2 N–H and O–H groups in total. The molecule has 0 radical (unpaired) electrons. The van der Waals surface area contributed by atoms with E-state index in [0.29, 0.717) is 0 Å². The van der Waals surface area contributed by atoms with E-state index in [1.54, 1.807) is 0 Å². The first-order chi connectivity index (χ1) is 8.69. The SMILES string of the molecule is Cc1cccc2oc(C3(N)CCCCCC3)nc12. The molecule has 1 aromatic carbocycles. The van der Waals surface area contributed by atoms with Crippen LogP contribution in [0.2, 0.25) is 0 Å². The lowest BCUT2D eigenvalue weighted by atomic mass is 9.91. The van der Waals surface area contributed by atoms with Crippen LogP contribution in [0.15, 0.2) is 22.6 Å². The topological polar surface area (TPSA) is 52.0 Å². The average Bonchev–Trinajstić information content (AvgIpc) is 2.69. The lowest BCUT2D eigenvalue weighted by Crippen LogP contribution is -2.36. The number of fused-ring (bicyclic) bond motifs is 1. The van der Waals surface area contributed by atoms with E-state index < -0.39 is 0 Å². The molecule has 1 aromatic heterocycles. The van der Waals surface area contributed by atoms with Crippen LogP contribution in [-0.4, -0.2) is 4.98 Å². The van der Waals surface area contributed by atoms with E-state index in [9.17, 15) is 0 Å². The van der Waals surface area contributed by atoms with Gasteiger partial charge in [-0.15, -0.1) is 0 Å². The number of nitrogens with two attached hydrogens (primary N) is 1. The summed E-state index contributed by atoms with van der Waals surface area (Å²) in [5, 5.41) is 0. The Morgan fingerprint density at radius 1 is 1.17 bits per heavy atom. The van der Waals surface area contributed by atoms with Gasteiger partial charge in [0.15, 0.2) is 5.58 Å². The minimum atomic E-state index is -0.359. The summed E-state index contributed by atoms with van der Waals surface area (Å²) in [4.78, 5) is 4.66. The Hall–Kier alpha value is -1.35. The van der Waals surface area contributed by atoms with Crippen LogP contribution in [0.4, 0.5) is 0 Å². The van der Waals surface area contributed by atoms with Gasteiger partial charge in [0.1, 0.15) is 5.52 Å². The van der Waals surface area contributed by atoms with Crippen molar-refractivity contribution >= 4 is 11.1 Å². The predicted molar refractivity (Wildman–Crippen MR) is 72.3 cm³/mol. The Morgan fingerprint density at radius 2 is 1.89 bits per heavy atom. The molecule has 96 valence electrons. The van der Waals surface area contributed by atoms with Gasteiger partial charge in [-0.3, -0.25) is 0 Å². The van der Waals surface area contributed by atoms with Crippen LogP contribution in [0.5, 0.6) is 0 Å². The van der Waals surface area contributed by atoms with E-state index in [1.165, 1.54) is 25.7 Å². The van der Waals surface area contributed by atoms with Gasteiger partial charge in [0.05, 0.1) is 5.54 Å². The van der Waals surface area contributed by atoms with Gasteiger partial charge in [-0.1, -0.05) is 37.8 Å². The van der Waals surface area contributed by atoms with Crippen LogP contribution in [0.25, 0.3) is 11.1 Å². The molecule has 1 aliphatic carbocycles. The van der Waals surface area contributed by atoms with Crippen molar-refractivity contribution in [1.29, 1.82) is 0 Å². The summed E-state index contributed by atoms with van der Waals surface area (Å²) in [6.45, 7) is 2.06. The van der Waals surface area contributed by atoms with Crippen molar-refractivity contribution in [3.63, 3.8) is 0 Å². The Morgan fingerprint density at radius 3 is 2.56 bits per heavy atom. The highest BCUT2D eigenvalue weighted by Crippen LogP contribution is 2.35. The fraction of sp³-hybridized carbons (Fsp3) is 0.533. The summed E-state index contributed by atoms with van der Waals surface area (Å²) >= 11 is 0. The summed E-state index contributed by atoms with van der Waals surface area (Å²) in [5.41, 5.74) is 9.15. The van der Waals surface area contributed by atoms with Gasteiger partial charge in [0.25, 0.3) is 0 Å². The molecule has 0 spiro atoms. The molecule has 0 unspecified atom stereocenters. The van der Waals surface area contributed by atoms with Crippen LogP contribution in [0, 0.1) is 6.92 Å². The highest BCUT2D eigenvalue weighted by atomic mass is 16.4. The van der Waals surface area contributed by atoms with Crippen molar-refractivity contribution in [2.24, 2.45) is 5.73 Å². The second-order valence-corrected chi connectivity index (χ2v) is 5.51. The summed E-state index contributed by atoms with van der Waals surface area (Å²) in [7, 11) is 0. The molecule has 3 rings (SSSR count). The van der Waals surface area contributed by atoms with Crippen LogP contribution in [-0.2, 0) is 5.54 Å². The fourth-order valence-electron chi connectivity index (χ4n) is 2.87. The van der Waals surface area contributed by atoms with Gasteiger partial charge in [0, 0.05) is 0 Å². The maximum absolute atomic E-state index is 6.54. The van der Waals surface area contributed by atoms with Crippen LogP contribution >= 0.6 is 0 Å². The monoisotopic (exact) mass is 244 g/mol. The van der Waals surface area contributed by atoms with Gasteiger partial charge in [0.2, 0.25) is 5.89 Å². The Kier molecular flexibility index (Phi) is 2.86. The van der Waals surface area contributed by atoms with Crippen molar-refractivity contribution in [3.05, 3.63) is 29.7 Å². The van der Waals surface area contributed by atoms with Crippen molar-refractivity contribution < 1.29 is 4.42 Å². The van der Waals surface area contributed by atoms with Crippen LogP contribution in [0.3, 0.4) is 0 Å². The standard InChI is InChI=1S/C15H20N2O/c1-11-7-6-8-12-13(11)17-14(18-12)15(16)9-4-2-3-5-10-15/h6-8H,2-5,9-10,16H2,1H3. The molecule has 1 aliphatic rings. The van der Waals surface area contributed by atoms with E-state index >= 15 is 0 Å². The third kappa shape index (κ3) is 1.93. The molecule has 3 heteroatoms. The Balaban J connectivity index is 2.05. The van der Waals surface area contributed by atoms with Crippen LogP contribution < -0.4 is 5.73 Å². The summed E-state index contributed by atoms with van der Waals surface area (Å²) in [6, 6.07) is 6.03. The molecule has 3 nitrogen and oxygen atoms in total. The zero-order valence-corrected chi connectivity index (χ0v) is 10.9. The van der Waals surface area contributed by atoms with Crippen molar-refractivity contribution in [2.75, 3.05) is 0 Å². The number of aryl methyl sites for hydroxylation is 1. The normalized spacial score (nSPS) is 19.9. The van der Waals surface area contributed by atoms with Gasteiger partial charge in [-0.25, -0.2) is 4.98 Å². The maximum atomic E-state index is 6.54. The molecule has 0 bridgehead atoms. The maximum Gasteiger partial charge on any atom is 0.215 e. The molecule has 2 aromatic rings. The number of aromatic nitrogens is 1. The third-order valence-corrected chi connectivity index (χ3v) is 4.04. The molecule has 18 heavy (non-hydrogen) atoms. The lowest BCUT2D eigenvalue weighted by Gasteiger charge is -2.23. The zero-order chi connectivity index (χ0) is 12.6. The molecule has 1 saturated carbocycles. The van der Waals surface area contributed by atoms with Gasteiger partial charge in [-0.2, -0.15) is 0 Å². The molecule has 0 aliphatic heterocycles. The fourth-order valence-corrected chi connectivity index (χ4v) is 2.87. The van der Waals surface area contributed by atoms with Crippen molar-refractivity contribution in [3.8, 4) is 0 Å². The lowest BCUT2D eigenvalue weighted by molar-refractivity contribution is 0.301. The molecule has 1 heterocycles. The summed E-state index contributed by atoms with van der Waals surface area (Å²) in [6.07, 6.45) is 6.87. The predicted octanol–water partition coefficient (Wildman–Crippen LogP) is 3.64. The second kappa shape index (κ2) is 4.39. The van der Waals surface area contributed by atoms with E-state index in [4.69, 9.17) is 10.2 Å². The molecule has 0 atom stereocenters. The largest absolute Gasteiger partial charge is 0.439 e. The highest BCUT2D eigenvalue weighted by molar-refractivity contribution is 5.76. The van der Waals surface area contributed by atoms with Gasteiger partial charge < -0.3 is 10.2 Å². The minimum absolute atomic E-state index is 0.359. The molecule has 0 amide bonds. The number of para-hydroxylation sites is 1. The second-order valence-electron chi connectivity index (χ2n) is 5.51. The smallest absolute Gasteiger partial charge is 0.215 e. The third-order valence-electron chi connectivity index (χ3n) is 4.04. The Labute approximate surface area is 107 Å².